The number of rotatable bonds is 5. The Morgan fingerprint density at radius 3 is 2.52 bits per heavy atom. The first kappa shape index (κ1) is 20.0. The number of ether oxygens (including phenoxy) is 2. The van der Waals surface area contributed by atoms with Crippen molar-refractivity contribution in [3.63, 3.8) is 0 Å². The van der Waals surface area contributed by atoms with E-state index in [1.165, 1.54) is 31.3 Å². The van der Waals surface area contributed by atoms with Crippen LogP contribution >= 0.6 is 0 Å². The van der Waals surface area contributed by atoms with Crippen molar-refractivity contribution in [2.24, 2.45) is 22.7 Å². The Kier molecular flexibility index (Phi) is 6.01. The van der Waals surface area contributed by atoms with Gasteiger partial charge in [0.1, 0.15) is 6.10 Å². The molecule has 2 aliphatic carbocycles. The molecule has 2 bridgehead atoms. The third kappa shape index (κ3) is 4.86. The Hall–Kier alpha value is -1.32. The summed E-state index contributed by atoms with van der Waals surface area (Å²) in [4.78, 5) is 24.4. The molecule has 2 aliphatic rings. The van der Waals surface area contributed by atoms with Gasteiger partial charge in [-0.05, 0) is 64.2 Å². The van der Waals surface area contributed by atoms with E-state index < -0.39 is 11.4 Å². The summed E-state index contributed by atoms with van der Waals surface area (Å²) in [7, 11) is 0. The van der Waals surface area contributed by atoms with E-state index in [1.807, 2.05) is 41.5 Å². The lowest BCUT2D eigenvalue weighted by Gasteiger charge is -2.36. The van der Waals surface area contributed by atoms with Crippen LogP contribution in [0.3, 0.4) is 0 Å². The van der Waals surface area contributed by atoms with Crippen molar-refractivity contribution in [3.05, 3.63) is 11.6 Å². The molecule has 0 saturated heterocycles. The van der Waals surface area contributed by atoms with Gasteiger partial charge in [-0.15, -0.1) is 0 Å². The van der Waals surface area contributed by atoms with Gasteiger partial charge >= 0.3 is 11.9 Å². The Balaban J connectivity index is 1.83. The Labute approximate surface area is 152 Å². The summed E-state index contributed by atoms with van der Waals surface area (Å²) in [6.45, 7) is 11.3. The van der Waals surface area contributed by atoms with Gasteiger partial charge in [-0.2, -0.15) is 0 Å². The molecule has 4 nitrogen and oxygen atoms in total. The van der Waals surface area contributed by atoms with E-state index in [2.05, 4.69) is 6.08 Å². The molecule has 1 fully saturated rings. The van der Waals surface area contributed by atoms with Crippen molar-refractivity contribution in [2.75, 3.05) is 6.61 Å². The summed E-state index contributed by atoms with van der Waals surface area (Å²) in [5.41, 5.74) is 0.617. The molecule has 142 valence electrons. The van der Waals surface area contributed by atoms with Crippen LogP contribution in [0.15, 0.2) is 11.6 Å². The van der Waals surface area contributed by atoms with Crippen LogP contribution in [0, 0.1) is 22.7 Å². The molecule has 0 aromatic carbocycles. The van der Waals surface area contributed by atoms with Crippen LogP contribution in [0.4, 0.5) is 0 Å². The highest BCUT2D eigenvalue weighted by atomic mass is 16.6. The lowest BCUT2D eigenvalue weighted by Crippen LogP contribution is -2.40. The first-order chi connectivity index (χ1) is 11.5. The number of carbonyl (C=O) groups excluding carboxylic acids is 2. The number of esters is 2. The van der Waals surface area contributed by atoms with E-state index in [-0.39, 0.29) is 24.1 Å². The quantitative estimate of drug-likeness (QED) is 0.534. The average molecular weight is 350 g/mol. The van der Waals surface area contributed by atoms with Crippen molar-refractivity contribution >= 4 is 11.9 Å². The normalized spacial score (nSPS) is 25.0. The second-order valence-electron chi connectivity index (χ2n) is 9.33. The molecule has 0 heterocycles. The van der Waals surface area contributed by atoms with Crippen molar-refractivity contribution in [1.29, 1.82) is 0 Å². The van der Waals surface area contributed by atoms with E-state index in [4.69, 9.17) is 9.47 Å². The van der Waals surface area contributed by atoms with Gasteiger partial charge in [-0.1, -0.05) is 32.4 Å². The molecule has 3 unspecified atom stereocenters. The number of fused-ring (bicyclic) bond motifs is 2. The van der Waals surface area contributed by atoms with Gasteiger partial charge in [-0.25, -0.2) is 4.79 Å². The average Bonchev–Trinajstić information content (AvgIpc) is 2.50. The second kappa shape index (κ2) is 7.51. The molecule has 0 aromatic rings. The van der Waals surface area contributed by atoms with Crippen LogP contribution < -0.4 is 0 Å². The van der Waals surface area contributed by atoms with Crippen LogP contribution in [0.2, 0.25) is 0 Å². The minimum atomic E-state index is -0.663. The zero-order chi connectivity index (χ0) is 18.8. The summed E-state index contributed by atoms with van der Waals surface area (Å²) >= 11 is 0. The van der Waals surface area contributed by atoms with Gasteiger partial charge in [0.2, 0.25) is 0 Å². The summed E-state index contributed by atoms with van der Waals surface area (Å²) < 4.78 is 10.8. The maximum absolute atomic E-state index is 12.3. The fourth-order valence-corrected chi connectivity index (χ4v) is 3.57. The van der Waals surface area contributed by atoms with Gasteiger partial charge in [0.25, 0.3) is 0 Å². The lowest BCUT2D eigenvalue weighted by molar-refractivity contribution is -0.171. The fourth-order valence-electron chi connectivity index (χ4n) is 3.57. The predicted octanol–water partition coefficient (Wildman–Crippen LogP) is 4.67. The highest BCUT2D eigenvalue weighted by Crippen LogP contribution is 2.40. The minimum absolute atomic E-state index is 0.169. The van der Waals surface area contributed by atoms with E-state index >= 15 is 0 Å². The topological polar surface area (TPSA) is 52.6 Å². The smallest absolute Gasteiger partial charge is 0.344 e. The van der Waals surface area contributed by atoms with Crippen LogP contribution in [-0.2, 0) is 19.1 Å². The molecule has 4 heteroatoms. The van der Waals surface area contributed by atoms with Crippen molar-refractivity contribution in [1.82, 2.24) is 0 Å². The fraction of sp³-hybridized carbons (Fsp3) is 0.810. The van der Waals surface area contributed by atoms with E-state index in [1.54, 1.807) is 0 Å². The molecule has 0 aromatic heterocycles. The maximum Gasteiger partial charge on any atom is 0.344 e. The van der Waals surface area contributed by atoms with Crippen molar-refractivity contribution in [2.45, 2.75) is 79.8 Å². The number of carbonyl (C=O) groups is 2. The van der Waals surface area contributed by atoms with Crippen LogP contribution in [0.1, 0.15) is 73.6 Å². The van der Waals surface area contributed by atoms with Crippen LogP contribution in [0.5, 0.6) is 0 Å². The zero-order valence-electron chi connectivity index (χ0n) is 16.7. The van der Waals surface area contributed by atoms with Gasteiger partial charge < -0.3 is 9.47 Å². The third-order valence-electron chi connectivity index (χ3n) is 6.34. The van der Waals surface area contributed by atoms with Gasteiger partial charge in [0, 0.05) is 5.92 Å². The Morgan fingerprint density at radius 2 is 1.92 bits per heavy atom. The Bertz CT molecular complexity index is 539. The maximum atomic E-state index is 12.3. The highest BCUT2D eigenvalue weighted by Gasteiger charge is 2.41. The SMILES string of the molecule is CC(OC(=O)COC(=O)C(C)(C)C(C)(C)C)C1C=C2CCCC(C2)C1. The molecule has 0 amide bonds. The molecule has 0 radical (unpaired) electrons. The third-order valence-corrected chi connectivity index (χ3v) is 6.34. The molecule has 3 atom stereocenters. The van der Waals surface area contributed by atoms with Crippen molar-refractivity contribution < 1.29 is 19.1 Å². The summed E-state index contributed by atoms with van der Waals surface area (Å²) in [5.74, 6) is 0.212. The van der Waals surface area contributed by atoms with Crippen LogP contribution in [0.25, 0.3) is 0 Å². The zero-order valence-corrected chi connectivity index (χ0v) is 16.7. The number of allylic oxidation sites excluding steroid dienone is 1. The summed E-state index contributed by atoms with van der Waals surface area (Å²) in [5, 5.41) is 0. The van der Waals surface area contributed by atoms with Crippen LogP contribution in [-0.4, -0.2) is 24.6 Å². The van der Waals surface area contributed by atoms with E-state index in [9.17, 15) is 9.59 Å². The van der Waals surface area contributed by atoms with Crippen molar-refractivity contribution in [3.8, 4) is 0 Å². The standard InChI is InChI=1S/C21H34O4/c1-14(17-11-15-8-7-9-16(10-15)12-17)25-18(22)13-24-19(23)21(5,6)20(2,3)4/h11,14,16-17H,7-10,12-13H2,1-6H3. The first-order valence-corrected chi connectivity index (χ1v) is 9.57. The van der Waals surface area contributed by atoms with E-state index in [0.717, 1.165) is 12.3 Å². The highest BCUT2D eigenvalue weighted by molar-refractivity contribution is 5.80. The largest absolute Gasteiger partial charge is 0.460 e. The second-order valence-corrected chi connectivity index (χ2v) is 9.33. The Morgan fingerprint density at radius 1 is 1.24 bits per heavy atom. The first-order valence-electron chi connectivity index (χ1n) is 9.57. The molecule has 2 rings (SSSR count). The molecule has 25 heavy (non-hydrogen) atoms. The van der Waals surface area contributed by atoms with Gasteiger partial charge in [0.15, 0.2) is 6.61 Å². The molecule has 1 saturated carbocycles. The monoisotopic (exact) mass is 350 g/mol. The molecule has 0 spiro atoms. The summed E-state index contributed by atoms with van der Waals surface area (Å²) in [6.07, 6.45) is 8.21. The molecular formula is C21H34O4. The number of hydrogen-bond acceptors (Lipinski definition) is 4. The molecule has 0 aliphatic heterocycles. The van der Waals surface area contributed by atoms with E-state index in [0.29, 0.717) is 5.92 Å². The molecular weight excluding hydrogens is 316 g/mol. The van der Waals surface area contributed by atoms with Gasteiger partial charge in [-0.3, -0.25) is 4.79 Å². The van der Waals surface area contributed by atoms with Gasteiger partial charge in [0.05, 0.1) is 5.41 Å². The number of hydrogen-bond donors (Lipinski definition) is 0. The summed E-state index contributed by atoms with van der Waals surface area (Å²) in [6, 6.07) is 0. The lowest BCUT2D eigenvalue weighted by atomic mass is 9.69. The predicted molar refractivity (Wildman–Crippen MR) is 97.9 cm³/mol. The molecule has 0 N–H and O–H groups in total. The minimum Gasteiger partial charge on any atom is -0.460 e.